The molecule has 4 N–H and O–H groups in total. The van der Waals surface area contributed by atoms with Crippen molar-refractivity contribution in [1.29, 1.82) is 0 Å². The van der Waals surface area contributed by atoms with E-state index in [-0.39, 0.29) is 53.2 Å². The highest BCUT2D eigenvalue weighted by Gasteiger charge is 2.37. The highest BCUT2D eigenvalue weighted by molar-refractivity contribution is 5.95. The first-order valence-corrected chi connectivity index (χ1v) is 22.2. The fraction of sp³-hybridized carbons (Fsp3) is 0.431. The summed E-state index contributed by atoms with van der Waals surface area (Å²) < 4.78 is 18.9. The van der Waals surface area contributed by atoms with E-state index in [1.54, 1.807) is 20.1 Å². The quantitative estimate of drug-likeness (QED) is 0.0691. The van der Waals surface area contributed by atoms with E-state index in [0.717, 1.165) is 48.0 Å². The molecule has 7 rings (SSSR count). The molecule has 0 amide bonds. The van der Waals surface area contributed by atoms with Gasteiger partial charge in [0.15, 0.2) is 11.5 Å². The third-order valence-electron chi connectivity index (χ3n) is 13.2. The number of anilines is 1. The number of ether oxygens (including phenoxy) is 3. The van der Waals surface area contributed by atoms with Gasteiger partial charge in [0.2, 0.25) is 5.75 Å². The normalized spacial score (nSPS) is 23.1. The fourth-order valence-corrected chi connectivity index (χ4v) is 9.71. The van der Waals surface area contributed by atoms with Gasteiger partial charge in [-0.15, -0.1) is 0 Å². The number of hydrogen-bond acceptors (Lipinski definition) is 10. The predicted octanol–water partition coefficient (Wildman–Crippen LogP) is 8.79. The summed E-state index contributed by atoms with van der Waals surface area (Å²) in [6, 6.07) is 8.52. The van der Waals surface area contributed by atoms with Crippen molar-refractivity contribution in [2.45, 2.75) is 90.7 Å². The molecular formula is C51H62N4O8. The topological polar surface area (TPSA) is 155 Å². The third-order valence-corrected chi connectivity index (χ3v) is 13.2. The molecule has 4 heterocycles. The number of Topliss-reactive ketones (excluding diaryl/α,β-unsaturated/α-hetero) is 2. The molecule has 5 atom stereocenters. The summed E-state index contributed by atoms with van der Waals surface area (Å²) in [6.45, 7) is 6.94. The molecule has 334 valence electrons. The molecule has 0 saturated carbocycles. The molecule has 12 heteroatoms. The molecule has 2 aromatic carbocycles. The van der Waals surface area contributed by atoms with Crippen molar-refractivity contribution < 1.29 is 38.8 Å². The van der Waals surface area contributed by atoms with Crippen molar-refractivity contribution in [3.05, 3.63) is 120 Å². The van der Waals surface area contributed by atoms with Crippen molar-refractivity contribution in [1.82, 2.24) is 14.9 Å². The van der Waals surface area contributed by atoms with E-state index in [1.807, 2.05) is 29.1 Å². The van der Waals surface area contributed by atoms with E-state index in [0.29, 0.717) is 44.5 Å². The first-order chi connectivity index (χ1) is 30.4. The first kappa shape index (κ1) is 45.0. The maximum Gasteiger partial charge on any atom is 0.302 e. The number of nitrogens with one attached hydrogen (secondary N) is 2. The Kier molecular flexibility index (Phi) is 14.3. The monoisotopic (exact) mass is 858 g/mol. The van der Waals surface area contributed by atoms with E-state index < -0.39 is 23.9 Å². The van der Waals surface area contributed by atoms with Gasteiger partial charge >= 0.3 is 5.97 Å². The number of phenolic OH excluding ortho intramolecular Hbond substituents is 2. The number of ketones is 2. The largest absolute Gasteiger partial charge is 0.504 e. The van der Waals surface area contributed by atoms with Gasteiger partial charge in [0.25, 0.3) is 0 Å². The average Bonchev–Trinajstić information content (AvgIpc) is 3.90. The number of esters is 1. The molecule has 0 fully saturated rings. The van der Waals surface area contributed by atoms with Crippen LogP contribution in [0.5, 0.6) is 17.2 Å². The molecule has 4 bridgehead atoms. The molecule has 0 saturated heterocycles. The van der Waals surface area contributed by atoms with Crippen LogP contribution in [0.15, 0.2) is 103 Å². The van der Waals surface area contributed by atoms with Crippen LogP contribution in [-0.4, -0.2) is 77.3 Å². The number of aromatic hydroxyl groups is 2. The number of nitrogens with zero attached hydrogens (tertiary/aromatic N) is 2. The van der Waals surface area contributed by atoms with E-state index in [1.165, 1.54) is 36.8 Å². The van der Waals surface area contributed by atoms with Crippen LogP contribution >= 0.6 is 0 Å². The number of allylic oxidation sites excluding steroid dienone is 6. The molecule has 2 aromatic heterocycles. The number of phenols is 2. The molecule has 5 unspecified atom stereocenters. The lowest BCUT2D eigenvalue weighted by Crippen LogP contribution is -2.36. The van der Waals surface area contributed by atoms with E-state index in [2.05, 4.69) is 77.0 Å². The molecule has 1 spiro atoms. The zero-order valence-corrected chi connectivity index (χ0v) is 37.2. The Morgan fingerprint density at radius 3 is 2.60 bits per heavy atom. The van der Waals surface area contributed by atoms with Crippen LogP contribution < -0.4 is 15.0 Å². The number of rotatable bonds is 10. The lowest BCUT2D eigenvalue weighted by atomic mass is 9.66. The minimum Gasteiger partial charge on any atom is -0.504 e. The lowest BCUT2D eigenvalue weighted by molar-refractivity contribution is -0.148. The number of methoxy groups -OCH3 is 2. The van der Waals surface area contributed by atoms with Gasteiger partial charge in [-0.3, -0.25) is 14.4 Å². The fourth-order valence-electron chi connectivity index (χ4n) is 9.71. The maximum atomic E-state index is 14.5. The van der Waals surface area contributed by atoms with Crippen molar-refractivity contribution in [3.63, 3.8) is 0 Å². The highest BCUT2D eigenvalue weighted by Crippen LogP contribution is 2.44. The van der Waals surface area contributed by atoms with Crippen LogP contribution in [0, 0.1) is 17.3 Å². The lowest BCUT2D eigenvalue weighted by Gasteiger charge is -2.38. The van der Waals surface area contributed by atoms with Gasteiger partial charge in [-0.05, 0) is 109 Å². The van der Waals surface area contributed by atoms with Crippen LogP contribution in [0.25, 0.3) is 10.8 Å². The average molecular weight is 859 g/mol. The zero-order valence-electron chi connectivity index (χ0n) is 37.2. The van der Waals surface area contributed by atoms with E-state index in [9.17, 15) is 24.6 Å². The first-order valence-electron chi connectivity index (χ1n) is 22.2. The van der Waals surface area contributed by atoms with Crippen LogP contribution in [0.2, 0.25) is 0 Å². The second-order valence-corrected chi connectivity index (χ2v) is 17.5. The number of benzene rings is 2. The molecular weight excluding hydrogens is 797 g/mol. The number of aromatic nitrogens is 2. The maximum absolute atomic E-state index is 14.5. The smallest absolute Gasteiger partial charge is 0.302 e. The summed E-state index contributed by atoms with van der Waals surface area (Å²) in [5.74, 6) is 0.0620. The van der Waals surface area contributed by atoms with Gasteiger partial charge in [0.05, 0.1) is 18.8 Å². The van der Waals surface area contributed by atoms with Crippen molar-refractivity contribution in [3.8, 4) is 17.2 Å². The highest BCUT2D eigenvalue weighted by atomic mass is 16.5. The van der Waals surface area contributed by atoms with Crippen LogP contribution in [0.4, 0.5) is 5.69 Å². The number of carbonyl (C=O) groups is 3. The number of hydrogen-bond donors (Lipinski definition) is 4. The molecule has 63 heavy (non-hydrogen) atoms. The number of fused-ring (bicyclic) bond motifs is 3. The second kappa shape index (κ2) is 20.0. The van der Waals surface area contributed by atoms with Crippen molar-refractivity contribution >= 4 is 34.0 Å². The Morgan fingerprint density at radius 1 is 1.02 bits per heavy atom. The predicted molar refractivity (Wildman–Crippen MR) is 245 cm³/mol. The number of dihydropyridines is 1. The third kappa shape index (κ3) is 10.4. The molecule has 3 aliphatic rings. The minimum absolute atomic E-state index is 0.000345. The molecule has 2 aliphatic heterocycles. The zero-order chi connectivity index (χ0) is 44.7. The van der Waals surface area contributed by atoms with Crippen LogP contribution in [0.3, 0.4) is 0 Å². The van der Waals surface area contributed by atoms with Crippen LogP contribution in [-0.2, 0) is 36.7 Å². The molecule has 1 aliphatic carbocycles. The number of carbonyl (C=O) groups excluding carboxylic acids is 3. The molecule has 0 radical (unpaired) electrons. The van der Waals surface area contributed by atoms with Gasteiger partial charge in [-0.2, -0.15) is 0 Å². The standard InChI is InChI=1S/C51H62N4O8/c1-33-10-6-7-17-51(33)18-14-43(63-35(3)57)26-42(58)27-46(39-23-47(59)50(60)48(24-39)62-5)54-31-38-11-8-13-45(44(38)32-54)55(20-16-34(2)56)49-25-37(15-19-53-49)36(12-9-21-61-4)22-40-29-52-30-41(40)28-51/h6-8,10-11,13,15,17,23-25,29-33,36,43,46,52-53,59-60H,9,12,14,16,18-22,26-28H2,1-5H3. The summed E-state index contributed by atoms with van der Waals surface area (Å²) in [5.41, 5.74) is 4.85. The van der Waals surface area contributed by atoms with E-state index >= 15 is 0 Å². The van der Waals surface area contributed by atoms with Crippen molar-refractivity contribution in [2.75, 3.05) is 38.8 Å². The van der Waals surface area contributed by atoms with Gasteiger partial charge in [0.1, 0.15) is 23.5 Å². The van der Waals surface area contributed by atoms with Crippen LogP contribution in [0.1, 0.15) is 88.4 Å². The number of H-pyrrole nitrogens is 1. The Bertz CT molecular complexity index is 2420. The summed E-state index contributed by atoms with van der Waals surface area (Å²) >= 11 is 0. The molecule has 12 nitrogen and oxygen atoms in total. The van der Waals surface area contributed by atoms with E-state index in [4.69, 9.17) is 14.2 Å². The Balaban J connectivity index is 1.39. The Hall–Kier alpha value is -6.01. The van der Waals surface area contributed by atoms with Gasteiger partial charge < -0.3 is 44.2 Å². The minimum atomic E-state index is -0.664. The molecule has 4 aromatic rings. The van der Waals surface area contributed by atoms with Gasteiger partial charge in [0, 0.05) is 88.6 Å². The Morgan fingerprint density at radius 2 is 1.84 bits per heavy atom. The summed E-state index contributed by atoms with van der Waals surface area (Å²) in [6.07, 6.45) is 25.7. The van der Waals surface area contributed by atoms with Crippen molar-refractivity contribution in [2.24, 2.45) is 17.3 Å². The summed E-state index contributed by atoms with van der Waals surface area (Å²) in [7, 11) is 3.15. The second-order valence-electron chi connectivity index (χ2n) is 17.5. The summed E-state index contributed by atoms with van der Waals surface area (Å²) in [5, 5.41) is 27.0. The Labute approximate surface area is 370 Å². The van der Waals surface area contributed by atoms with Gasteiger partial charge in [-0.1, -0.05) is 49.4 Å². The van der Waals surface area contributed by atoms with Gasteiger partial charge in [-0.25, -0.2) is 0 Å². The number of aromatic amines is 1. The summed E-state index contributed by atoms with van der Waals surface area (Å²) in [4.78, 5) is 45.4. The SMILES string of the molecule is COCCCC1Cc2c[nH]cc2CC2(C=CC=CC2C)CCC(OC(C)=O)CC(=O)CC(c2cc(O)c(O)c(OC)c2)n2cc3cccc(c3c2)N(CCC(C)=O)C2=CC1=CCN2.